The zero-order valence-electron chi connectivity index (χ0n) is 12.5. The Hall–Kier alpha value is -1.86. The van der Waals surface area contributed by atoms with E-state index in [-0.39, 0.29) is 11.4 Å². The summed E-state index contributed by atoms with van der Waals surface area (Å²) < 4.78 is 11.6. The van der Waals surface area contributed by atoms with Crippen molar-refractivity contribution in [3.05, 3.63) is 29.5 Å². The van der Waals surface area contributed by atoms with Crippen molar-refractivity contribution >= 4 is 19.2 Å². The van der Waals surface area contributed by atoms with Gasteiger partial charge in [0.05, 0.1) is 16.9 Å². The van der Waals surface area contributed by atoms with Crippen molar-refractivity contribution in [2.24, 2.45) is 0 Å². The number of rotatable bonds is 3. The third-order valence-electron chi connectivity index (χ3n) is 3.79. The number of carboxylic acid groups (broad SMARTS) is 1. The van der Waals surface area contributed by atoms with Crippen LogP contribution in [-0.4, -0.2) is 39.5 Å². The van der Waals surface area contributed by atoms with Gasteiger partial charge in [-0.1, -0.05) is 5.98 Å². The second kappa shape index (κ2) is 5.16. The molecule has 2 heterocycles. The molecule has 0 saturated carbocycles. The van der Waals surface area contributed by atoms with E-state index in [2.05, 4.69) is 4.98 Å². The zero-order chi connectivity index (χ0) is 15.8. The summed E-state index contributed by atoms with van der Waals surface area (Å²) in [6.07, 6.45) is 1.61. The highest BCUT2D eigenvalue weighted by Gasteiger charge is 2.50. The van der Waals surface area contributed by atoms with Crippen molar-refractivity contribution in [1.29, 1.82) is 0 Å². The van der Waals surface area contributed by atoms with Crippen LogP contribution in [-0.2, 0) is 9.31 Å². The highest BCUT2D eigenvalue weighted by molar-refractivity contribution is 6.52. The van der Waals surface area contributed by atoms with Gasteiger partial charge < -0.3 is 19.5 Å². The van der Waals surface area contributed by atoms with Crippen molar-refractivity contribution in [3.63, 3.8) is 0 Å². The minimum atomic E-state index is -1.28. The lowest BCUT2D eigenvalue weighted by Crippen LogP contribution is -2.41. The molecule has 21 heavy (non-hydrogen) atoms. The topological polar surface area (TPSA) is 88.9 Å². The molecule has 0 radical (unpaired) electrons. The fourth-order valence-electron chi connectivity index (χ4n) is 1.86. The van der Waals surface area contributed by atoms with Crippen LogP contribution in [0.25, 0.3) is 6.08 Å². The third-order valence-corrected chi connectivity index (χ3v) is 3.79. The second-order valence-electron chi connectivity index (χ2n) is 5.89. The summed E-state index contributed by atoms with van der Waals surface area (Å²) in [7, 11) is -0.529. The van der Waals surface area contributed by atoms with Crippen LogP contribution in [0.4, 0.5) is 0 Å². The molecule has 0 atom stereocenters. The number of aromatic carboxylic acids is 1. The van der Waals surface area contributed by atoms with Crippen LogP contribution in [0.5, 0.6) is 5.75 Å². The molecule has 0 amide bonds. The first-order chi connectivity index (χ1) is 9.62. The SMILES string of the molecule is CC1(C)OB(/C=C/c2ccc(O)c(C(=O)O)n2)OC1(C)C. The maximum atomic E-state index is 10.9. The van der Waals surface area contributed by atoms with E-state index in [0.717, 1.165) is 0 Å². The first kappa shape index (κ1) is 15.5. The van der Waals surface area contributed by atoms with Gasteiger partial charge in [0, 0.05) is 0 Å². The van der Waals surface area contributed by atoms with Gasteiger partial charge in [-0.2, -0.15) is 0 Å². The average molecular weight is 291 g/mol. The summed E-state index contributed by atoms with van der Waals surface area (Å²) in [5, 5.41) is 18.3. The molecule has 0 aliphatic carbocycles. The lowest BCUT2D eigenvalue weighted by Gasteiger charge is -2.32. The second-order valence-corrected chi connectivity index (χ2v) is 5.89. The van der Waals surface area contributed by atoms with Crippen molar-refractivity contribution in [2.75, 3.05) is 0 Å². The molecule has 1 aromatic heterocycles. The molecule has 0 unspecified atom stereocenters. The Labute approximate surface area is 123 Å². The van der Waals surface area contributed by atoms with E-state index in [1.165, 1.54) is 12.1 Å². The maximum absolute atomic E-state index is 10.9. The van der Waals surface area contributed by atoms with E-state index < -0.39 is 24.3 Å². The molecule has 6 nitrogen and oxygen atoms in total. The van der Waals surface area contributed by atoms with E-state index in [1.54, 1.807) is 12.1 Å². The van der Waals surface area contributed by atoms with Gasteiger partial charge in [0.1, 0.15) is 5.75 Å². The van der Waals surface area contributed by atoms with Gasteiger partial charge in [0.15, 0.2) is 5.69 Å². The van der Waals surface area contributed by atoms with Gasteiger partial charge in [-0.05, 0) is 45.9 Å². The van der Waals surface area contributed by atoms with Crippen LogP contribution in [0.1, 0.15) is 43.9 Å². The van der Waals surface area contributed by atoms with Crippen molar-refractivity contribution in [2.45, 2.75) is 38.9 Å². The standard InChI is InChI=1S/C14H18BNO5/c1-13(2)14(3,4)21-15(20-13)8-7-9-5-6-10(17)11(16-9)12(18)19/h5-8,17H,1-4H3,(H,18,19)/b8-7+. The predicted molar refractivity (Wildman–Crippen MR) is 78.0 cm³/mol. The van der Waals surface area contributed by atoms with Gasteiger partial charge in [-0.3, -0.25) is 0 Å². The highest BCUT2D eigenvalue weighted by Crippen LogP contribution is 2.37. The fraction of sp³-hybridized carbons (Fsp3) is 0.429. The Kier molecular flexibility index (Phi) is 3.82. The Morgan fingerprint density at radius 2 is 1.81 bits per heavy atom. The molecule has 2 N–H and O–H groups in total. The summed E-state index contributed by atoms with van der Waals surface area (Å²) >= 11 is 0. The van der Waals surface area contributed by atoms with Gasteiger partial charge >= 0.3 is 13.1 Å². The van der Waals surface area contributed by atoms with Gasteiger partial charge in [-0.15, -0.1) is 0 Å². The number of hydrogen-bond donors (Lipinski definition) is 2. The molecular formula is C14H18BNO5. The summed E-state index contributed by atoms with van der Waals surface area (Å²) in [4.78, 5) is 14.8. The number of nitrogens with zero attached hydrogens (tertiary/aromatic N) is 1. The van der Waals surface area contributed by atoms with Crippen LogP contribution >= 0.6 is 0 Å². The number of carboxylic acids is 1. The Balaban J connectivity index is 2.16. The van der Waals surface area contributed by atoms with Gasteiger partial charge in [0.2, 0.25) is 0 Å². The molecule has 1 aromatic rings. The summed E-state index contributed by atoms with van der Waals surface area (Å²) in [6.45, 7) is 7.79. The molecular weight excluding hydrogens is 273 g/mol. The Morgan fingerprint density at radius 3 is 2.33 bits per heavy atom. The van der Waals surface area contributed by atoms with E-state index in [1.807, 2.05) is 27.7 Å². The van der Waals surface area contributed by atoms with Crippen molar-refractivity contribution in [1.82, 2.24) is 4.98 Å². The Bertz CT molecular complexity index is 581. The molecule has 7 heteroatoms. The molecule has 2 rings (SSSR count). The van der Waals surface area contributed by atoms with E-state index in [9.17, 15) is 9.90 Å². The molecule has 1 aliphatic rings. The van der Waals surface area contributed by atoms with E-state index >= 15 is 0 Å². The van der Waals surface area contributed by atoms with Crippen LogP contribution < -0.4 is 0 Å². The quantitative estimate of drug-likeness (QED) is 0.829. The van der Waals surface area contributed by atoms with Gasteiger partial charge in [0.25, 0.3) is 0 Å². The molecule has 0 aromatic carbocycles. The van der Waals surface area contributed by atoms with Gasteiger partial charge in [-0.25, -0.2) is 9.78 Å². The summed E-state index contributed by atoms with van der Waals surface area (Å²) in [6, 6.07) is 2.81. The van der Waals surface area contributed by atoms with Crippen molar-refractivity contribution in [3.8, 4) is 5.75 Å². The monoisotopic (exact) mass is 291 g/mol. The molecule has 1 saturated heterocycles. The van der Waals surface area contributed by atoms with Crippen molar-refractivity contribution < 1.29 is 24.3 Å². The summed E-state index contributed by atoms with van der Waals surface area (Å²) in [5.74, 6) is 0.0234. The number of carbonyl (C=O) groups is 1. The number of aromatic nitrogens is 1. The largest absolute Gasteiger partial charge is 0.505 e. The first-order valence-corrected chi connectivity index (χ1v) is 6.59. The highest BCUT2D eigenvalue weighted by atomic mass is 16.7. The predicted octanol–water partition coefficient (Wildman–Crippen LogP) is 2.13. The summed E-state index contributed by atoms with van der Waals surface area (Å²) in [5.41, 5.74) is -0.848. The number of pyridine rings is 1. The first-order valence-electron chi connectivity index (χ1n) is 6.59. The number of aromatic hydroxyl groups is 1. The molecule has 0 spiro atoms. The Morgan fingerprint density at radius 1 is 1.24 bits per heavy atom. The number of hydrogen-bond acceptors (Lipinski definition) is 5. The third kappa shape index (κ3) is 3.09. The van der Waals surface area contributed by atoms with E-state index in [4.69, 9.17) is 14.4 Å². The lowest BCUT2D eigenvalue weighted by atomic mass is 9.89. The van der Waals surface area contributed by atoms with Crippen LogP contribution in [0.2, 0.25) is 0 Å². The van der Waals surface area contributed by atoms with Crippen LogP contribution in [0.15, 0.2) is 18.1 Å². The fourth-order valence-corrected chi connectivity index (χ4v) is 1.86. The minimum Gasteiger partial charge on any atom is -0.505 e. The normalized spacial score (nSPS) is 20.1. The smallest absolute Gasteiger partial charge is 0.487 e. The average Bonchev–Trinajstić information content (AvgIpc) is 2.56. The van der Waals surface area contributed by atoms with E-state index in [0.29, 0.717) is 5.69 Å². The maximum Gasteiger partial charge on any atom is 0.487 e. The van der Waals surface area contributed by atoms with Crippen LogP contribution in [0, 0.1) is 0 Å². The minimum absolute atomic E-state index is 0.365. The lowest BCUT2D eigenvalue weighted by molar-refractivity contribution is 0.00578. The van der Waals surface area contributed by atoms with Crippen LogP contribution in [0.3, 0.4) is 0 Å². The molecule has 1 fully saturated rings. The molecule has 0 bridgehead atoms. The molecule has 112 valence electrons. The zero-order valence-corrected chi connectivity index (χ0v) is 12.5. The molecule has 1 aliphatic heterocycles.